The second-order valence-corrected chi connectivity index (χ2v) is 9.13. The first-order valence-corrected chi connectivity index (χ1v) is 11.2. The molecule has 30 heavy (non-hydrogen) atoms. The summed E-state index contributed by atoms with van der Waals surface area (Å²) in [6.07, 6.45) is 5.93. The molecular weight excluding hydrogens is 398 g/mol. The Kier molecular flexibility index (Phi) is 6.14. The number of hydrogen-bond acceptors (Lipinski definition) is 5. The highest BCUT2D eigenvalue weighted by atomic mass is 35.5. The molecule has 2 aromatic rings. The quantitative estimate of drug-likeness (QED) is 0.725. The fraction of sp³-hybridized carbons (Fsp3) is 0.522. The molecule has 1 aromatic heterocycles. The SMILES string of the molecule is Cc1cc(N(C)C)nc(NC2CCC(N(C(=O)C3CC3)c3ccc(Cl)cc3)CC2)n1. The summed E-state index contributed by atoms with van der Waals surface area (Å²) in [5.74, 6) is 2.06. The molecule has 2 fully saturated rings. The lowest BCUT2D eigenvalue weighted by atomic mass is 9.89. The van der Waals surface area contributed by atoms with Gasteiger partial charge in [-0.25, -0.2) is 4.98 Å². The van der Waals surface area contributed by atoms with Crippen molar-refractivity contribution in [2.24, 2.45) is 5.92 Å². The van der Waals surface area contributed by atoms with Gasteiger partial charge in [-0.2, -0.15) is 4.98 Å². The summed E-state index contributed by atoms with van der Waals surface area (Å²) in [6, 6.07) is 10.2. The van der Waals surface area contributed by atoms with Crippen LogP contribution in [0.15, 0.2) is 30.3 Å². The van der Waals surface area contributed by atoms with E-state index in [2.05, 4.69) is 15.3 Å². The number of carbonyl (C=O) groups excluding carboxylic acids is 1. The van der Waals surface area contributed by atoms with E-state index < -0.39 is 0 Å². The number of carbonyl (C=O) groups is 1. The van der Waals surface area contributed by atoms with Crippen molar-refractivity contribution in [3.8, 4) is 0 Å². The van der Waals surface area contributed by atoms with Crippen LogP contribution in [0.2, 0.25) is 5.02 Å². The van der Waals surface area contributed by atoms with Gasteiger partial charge in [-0.05, 0) is 69.7 Å². The van der Waals surface area contributed by atoms with E-state index in [1.165, 1.54) is 0 Å². The first kappa shape index (κ1) is 20.9. The molecule has 0 unspecified atom stereocenters. The Morgan fingerprint density at radius 3 is 2.30 bits per heavy atom. The van der Waals surface area contributed by atoms with Crippen LogP contribution < -0.4 is 15.1 Å². The number of anilines is 3. The van der Waals surface area contributed by atoms with Gasteiger partial charge in [0.1, 0.15) is 5.82 Å². The highest BCUT2D eigenvalue weighted by Crippen LogP contribution is 2.37. The number of rotatable bonds is 6. The van der Waals surface area contributed by atoms with Gasteiger partial charge in [-0.15, -0.1) is 0 Å². The molecule has 1 N–H and O–H groups in total. The second kappa shape index (κ2) is 8.80. The Morgan fingerprint density at radius 2 is 1.70 bits per heavy atom. The maximum absolute atomic E-state index is 13.1. The van der Waals surface area contributed by atoms with E-state index in [9.17, 15) is 4.79 Å². The van der Waals surface area contributed by atoms with Crippen LogP contribution in [0.5, 0.6) is 0 Å². The zero-order valence-corrected chi connectivity index (χ0v) is 18.7. The maximum atomic E-state index is 13.1. The highest BCUT2D eigenvalue weighted by molar-refractivity contribution is 6.30. The van der Waals surface area contributed by atoms with E-state index in [-0.39, 0.29) is 17.9 Å². The molecule has 0 saturated heterocycles. The van der Waals surface area contributed by atoms with Gasteiger partial charge in [0.15, 0.2) is 0 Å². The predicted octanol–water partition coefficient (Wildman–Crippen LogP) is 4.67. The first-order chi connectivity index (χ1) is 14.4. The smallest absolute Gasteiger partial charge is 0.230 e. The number of aromatic nitrogens is 2. The third-order valence-corrected chi connectivity index (χ3v) is 6.21. The lowest BCUT2D eigenvalue weighted by molar-refractivity contribution is -0.120. The summed E-state index contributed by atoms with van der Waals surface area (Å²) in [4.78, 5) is 26.3. The monoisotopic (exact) mass is 427 g/mol. The average Bonchev–Trinajstić information content (AvgIpc) is 3.56. The zero-order valence-electron chi connectivity index (χ0n) is 17.9. The van der Waals surface area contributed by atoms with Crippen LogP contribution in [-0.4, -0.2) is 42.1 Å². The molecule has 2 aliphatic rings. The lowest BCUT2D eigenvalue weighted by Gasteiger charge is -2.37. The van der Waals surface area contributed by atoms with Crippen LogP contribution >= 0.6 is 11.6 Å². The van der Waals surface area contributed by atoms with Gasteiger partial charge in [0.2, 0.25) is 11.9 Å². The van der Waals surface area contributed by atoms with Crippen LogP contribution in [0.1, 0.15) is 44.2 Å². The molecule has 0 bridgehead atoms. The van der Waals surface area contributed by atoms with Crippen molar-refractivity contribution >= 4 is 35.0 Å². The van der Waals surface area contributed by atoms with Crippen molar-refractivity contribution in [2.45, 2.75) is 57.5 Å². The zero-order chi connectivity index (χ0) is 21.3. The molecule has 0 atom stereocenters. The van der Waals surface area contributed by atoms with Crippen molar-refractivity contribution in [3.63, 3.8) is 0 Å². The van der Waals surface area contributed by atoms with E-state index in [1.807, 2.05) is 61.2 Å². The third-order valence-electron chi connectivity index (χ3n) is 5.96. The first-order valence-electron chi connectivity index (χ1n) is 10.8. The third kappa shape index (κ3) is 4.86. The minimum Gasteiger partial charge on any atom is -0.363 e. The molecular formula is C23H30ClN5O. The number of hydrogen-bond donors (Lipinski definition) is 1. The number of halogens is 1. The molecule has 0 aliphatic heterocycles. The van der Waals surface area contributed by atoms with Gasteiger partial charge in [-0.1, -0.05) is 11.6 Å². The normalized spacial score (nSPS) is 21.2. The molecule has 160 valence electrons. The highest BCUT2D eigenvalue weighted by Gasteiger charge is 2.38. The molecule has 6 nitrogen and oxygen atoms in total. The molecule has 0 spiro atoms. The van der Waals surface area contributed by atoms with E-state index in [0.29, 0.717) is 17.0 Å². The Hall–Kier alpha value is -2.34. The van der Waals surface area contributed by atoms with Crippen molar-refractivity contribution < 1.29 is 4.79 Å². The Bertz CT molecular complexity index is 889. The Morgan fingerprint density at radius 1 is 1.03 bits per heavy atom. The summed E-state index contributed by atoms with van der Waals surface area (Å²) in [6.45, 7) is 1.99. The molecule has 2 aliphatic carbocycles. The number of nitrogens with zero attached hydrogens (tertiary/aromatic N) is 4. The number of aryl methyl sites for hydroxylation is 1. The Labute approximate surface area is 183 Å². The van der Waals surface area contributed by atoms with Crippen LogP contribution in [0.3, 0.4) is 0 Å². The molecule has 1 heterocycles. The molecule has 2 saturated carbocycles. The van der Waals surface area contributed by atoms with Crippen molar-refractivity contribution in [1.82, 2.24) is 9.97 Å². The predicted molar refractivity (Wildman–Crippen MR) is 122 cm³/mol. The van der Waals surface area contributed by atoms with Crippen molar-refractivity contribution in [3.05, 3.63) is 41.0 Å². The van der Waals surface area contributed by atoms with Gasteiger partial charge < -0.3 is 15.1 Å². The van der Waals surface area contributed by atoms with Crippen LogP contribution in [0.25, 0.3) is 0 Å². The van der Waals surface area contributed by atoms with E-state index in [0.717, 1.165) is 55.7 Å². The molecule has 1 amide bonds. The summed E-state index contributed by atoms with van der Waals surface area (Å²) < 4.78 is 0. The standard InChI is InChI=1S/C23H30ClN5O/c1-15-14-21(28(2)3)27-23(25-15)26-18-8-12-20(13-9-18)29(22(30)16-4-5-16)19-10-6-17(24)7-11-19/h6-7,10-11,14,16,18,20H,4-5,8-9,12-13H2,1-3H3,(H,25,26,27). The summed E-state index contributed by atoms with van der Waals surface area (Å²) in [5, 5.41) is 4.21. The summed E-state index contributed by atoms with van der Waals surface area (Å²) >= 11 is 6.07. The molecule has 4 rings (SSSR count). The number of nitrogens with one attached hydrogen (secondary N) is 1. The fourth-order valence-corrected chi connectivity index (χ4v) is 4.28. The number of amides is 1. The van der Waals surface area contributed by atoms with Crippen LogP contribution in [0, 0.1) is 12.8 Å². The van der Waals surface area contributed by atoms with Crippen molar-refractivity contribution in [2.75, 3.05) is 29.2 Å². The second-order valence-electron chi connectivity index (χ2n) is 8.69. The van der Waals surface area contributed by atoms with E-state index in [1.54, 1.807) is 0 Å². The van der Waals surface area contributed by atoms with Gasteiger partial charge in [0.25, 0.3) is 0 Å². The Balaban J connectivity index is 1.43. The largest absolute Gasteiger partial charge is 0.363 e. The van der Waals surface area contributed by atoms with Gasteiger partial charge in [-0.3, -0.25) is 4.79 Å². The van der Waals surface area contributed by atoms with Gasteiger partial charge in [0.05, 0.1) is 0 Å². The van der Waals surface area contributed by atoms with Crippen molar-refractivity contribution in [1.29, 1.82) is 0 Å². The van der Waals surface area contributed by atoms with E-state index in [4.69, 9.17) is 11.6 Å². The van der Waals surface area contributed by atoms with Crippen LogP contribution in [0.4, 0.5) is 17.5 Å². The average molecular weight is 428 g/mol. The maximum Gasteiger partial charge on any atom is 0.230 e. The topological polar surface area (TPSA) is 61.4 Å². The van der Waals surface area contributed by atoms with Crippen LogP contribution in [-0.2, 0) is 4.79 Å². The molecule has 7 heteroatoms. The summed E-state index contributed by atoms with van der Waals surface area (Å²) in [7, 11) is 3.97. The number of benzene rings is 1. The fourth-order valence-electron chi connectivity index (χ4n) is 4.15. The minimum atomic E-state index is 0.196. The molecule has 1 aromatic carbocycles. The lowest BCUT2D eigenvalue weighted by Crippen LogP contribution is -2.45. The van der Waals surface area contributed by atoms with E-state index >= 15 is 0 Å². The molecule has 0 radical (unpaired) electrons. The van der Waals surface area contributed by atoms with Gasteiger partial charge >= 0.3 is 0 Å². The minimum absolute atomic E-state index is 0.196. The summed E-state index contributed by atoms with van der Waals surface area (Å²) in [5.41, 5.74) is 1.92. The van der Waals surface area contributed by atoms with Gasteiger partial charge in [0, 0.05) is 54.6 Å².